The molecule has 0 amide bonds. The highest BCUT2D eigenvalue weighted by molar-refractivity contribution is 6.35. The first-order valence-corrected chi connectivity index (χ1v) is 6.23. The first kappa shape index (κ1) is 13.1. The summed E-state index contributed by atoms with van der Waals surface area (Å²) in [5, 5.41) is 1.09. The summed E-state index contributed by atoms with van der Waals surface area (Å²) in [6, 6.07) is 5.16. The number of hydrogen-bond donors (Lipinski definition) is 0. The van der Waals surface area contributed by atoms with Crippen LogP contribution in [0.15, 0.2) is 30.6 Å². The van der Waals surface area contributed by atoms with Crippen LogP contribution < -0.4 is 0 Å². The second-order valence-electron chi connectivity index (χ2n) is 4.08. The van der Waals surface area contributed by atoms with E-state index < -0.39 is 0 Å². The number of Topliss-reactive ketones (excluding diaryl/α,β-unsaturated/α-hetero) is 1. The fourth-order valence-electron chi connectivity index (χ4n) is 1.68. The molecule has 0 saturated carbocycles. The molecular weight excluding hydrogens is 271 g/mol. The van der Waals surface area contributed by atoms with Gasteiger partial charge in [-0.25, -0.2) is 4.98 Å². The third kappa shape index (κ3) is 3.12. The molecule has 2 rings (SSSR count). The van der Waals surface area contributed by atoms with Gasteiger partial charge in [0.15, 0.2) is 0 Å². The number of carbonyl (C=O) groups excluding carboxylic acids is 1. The number of carbonyl (C=O) groups is 1. The van der Waals surface area contributed by atoms with Crippen molar-refractivity contribution in [3.63, 3.8) is 0 Å². The number of ketones is 1. The number of halogens is 2. The van der Waals surface area contributed by atoms with Crippen molar-refractivity contribution in [1.82, 2.24) is 9.55 Å². The molecule has 1 aromatic carbocycles. The fourth-order valence-corrected chi connectivity index (χ4v) is 2.16. The van der Waals surface area contributed by atoms with Crippen molar-refractivity contribution < 1.29 is 4.79 Å². The van der Waals surface area contributed by atoms with Crippen molar-refractivity contribution in [2.24, 2.45) is 7.05 Å². The summed E-state index contributed by atoms with van der Waals surface area (Å²) in [6.07, 6.45) is 4.10. The molecule has 0 bridgehead atoms. The number of benzene rings is 1. The molecule has 0 radical (unpaired) electrons. The van der Waals surface area contributed by atoms with Crippen LogP contribution in [0.5, 0.6) is 0 Å². The van der Waals surface area contributed by atoms with Gasteiger partial charge in [-0.2, -0.15) is 0 Å². The Morgan fingerprint density at radius 3 is 2.72 bits per heavy atom. The minimum absolute atomic E-state index is 0.0773. The Morgan fingerprint density at radius 1 is 1.33 bits per heavy atom. The van der Waals surface area contributed by atoms with Crippen molar-refractivity contribution in [3.8, 4) is 0 Å². The van der Waals surface area contributed by atoms with Crippen LogP contribution in [0, 0.1) is 0 Å². The summed E-state index contributed by atoms with van der Waals surface area (Å²) >= 11 is 11.8. The molecule has 5 heteroatoms. The molecule has 0 saturated heterocycles. The van der Waals surface area contributed by atoms with Gasteiger partial charge in [-0.1, -0.05) is 29.3 Å². The standard InChI is InChI=1S/C13H12Cl2N2O/c1-17-5-4-16-13(17)8-11(18)6-9-2-3-10(14)7-12(9)15/h2-5,7H,6,8H2,1H3. The van der Waals surface area contributed by atoms with E-state index in [0.717, 1.165) is 11.4 Å². The Morgan fingerprint density at radius 2 is 2.11 bits per heavy atom. The number of aryl methyl sites for hydroxylation is 1. The fraction of sp³-hybridized carbons (Fsp3) is 0.231. The van der Waals surface area contributed by atoms with Crippen molar-refractivity contribution in [3.05, 3.63) is 52.0 Å². The Bertz CT molecular complexity index is 578. The van der Waals surface area contributed by atoms with Crippen LogP contribution in [-0.2, 0) is 24.7 Å². The number of nitrogens with zero attached hydrogens (tertiary/aromatic N) is 2. The minimum atomic E-state index is 0.0773. The van der Waals surface area contributed by atoms with E-state index in [4.69, 9.17) is 23.2 Å². The first-order valence-electron chi connectivity index (χ1n) is 5.48. The van der Waals surface area contributed by atoms with Crippen LogP contribution in [-0.4, -0.2) is 15.3 Å². The molecule has 94 valence electrons. The lowest BCUT2D eigenvalue weighted by molar-refractivity contribution is -0.117. The molecule has 0 spiro atoms. The van der Waals surface area contributed by atoms with E-state index in [1.165, 1.54) is 0 Å². The summed E-state index contributed by atoms with van der Waals surface area (Å²) in [5.41, 5.74) is 0.792. The maximum absolute atomic E-state index is 11.9. The largest absolute Gasteiger partial charge is 0.338 e. The van der Waals surface area contributed by atoms with Crippen LogP contribution in [0.25, 0.3) is 0 Å². The van der Waals surface area contributed by atoms with Gasteiger partial charge in [0.2, 0.25) is 0 Å². The van der Waals surface area contributed by atoms with E-state index in [9.17, 15) is 4.79 Å². The zero-order chi connectivity index (χ0) is 13.1. The van der Waals surface area contributed by atoms with Gasteiger partial charge in [-0.05, 0) is 17.7 Å². The molecule has 3 nitrogen and oxygen atoms in total. The third-order valence-corrected chi connectivity index (χ3v) is 3.27. The lowest BCUT2D eigenvalue weighted by atomic mass is 10.1. The highest BCUT2D eigenvalue weighted by atomic mass is 35.5. The van der Waals surface area contributed by atoms with Crippen molar-refractivity contribution in [2.75, 3.05) is 0 Å². The zero-order valence-electron chi connectivity index (χ0n) is 9.86. The molecule has 0 aliphatic rings. The highest BCUT2D eigenvalue weighted by Crippen LogP contribution is 2.21. The second-order valence-corrected chi connectivity index (χ2v) is 4.93. The molecule has 2 aromatic rings. The molecule has 18 heavy (non-hydrogen) atoms. The average molecular weight is 283 g/mol. The Kier molecular flexibility index (Phi) is 4.04. The van der Waals surface area contributed by atoms with Crippen molar-refractivity contribution in [1.29, 1.82) is 0 Å². The number of rotatable bonds is 4. The summed E-state index contributed by atoms with van der Waals surface area (Å²) in [4.78, 5) is 16.0. The van der Waals surface area contributed by atoms with Gasteiger partial charge in [0.1, 0.15) is 11.6 Å². The molecule has 1 heterocycles. The number of aromatic nitrogens is 2. The lowest BCUT2D eigenvalue weighted by Crippen LogP contribution is -2.10. The molecule has 1 aromatic heterocycles. The van der Waals surface area contributed by atoms with Crippen LogP contribution in [0.3, 0.4) is 0 Å². The smallest absolute Gasteiger partial charge is 0.144 e. The Balaban J connectivity index is 2.05. The molecule has 0 aliphatic heterocycles. The van der Waals surface area contributed by atoms with Gasteiger partial charge in [0, 0.05) is 35.9 Å². The maximum atomic E-state index is 11.9. The molecule has 0 N–H and O–H groups in total. The molecule has 0 atom stereocenters. The van der Waals surface area contributed by atoms with E-state index in [1.54, 1.807) is 24.4 Å². The first-order chi connectivity index (χ1) is 8.56. The number of imidazole rings is 1. The summed E-state index contributed by atoms with van der Waals surface area (Å²) in [7, 11) is 1.87. The van der Waals surface area contributed by atoms with Gasteiger partial charge < -0.3 is 4.57 Å². The quantitative estimate of drug-likeness (QED) is 0.864. The van der Waals surface area contributed by atoms with E-state index >= 15 is 0 Å². The predicted octanol–water partition coefficient (Wildman–Crippen LogP) is 3.08. The van der Waals surface area contributed by atoms with E-state index in [1.807, 2.05) is 17.8 Å². The molecule has 0 aliphatic carbocycles. The Hall–Kier alpha value is -1.32. The van der Waals surface area contributed by atoms with Gasteiger partial charge >= 0.3 is 0 Å². The molecule has 0 unspecified atom stereocenters. The van der Waals surface area contributed by atoms with Gasteiger partial charge in [-0.15, -0.1) is 0 Å². The summed E-state index contributed by atoms with van der Waals surface area (Å²) in [5.74, 6) is 0.832. The highest BCUT2D eigenvalue weighted by Gasteiger charge is 2.10. The van der Waals surface area contributed by atoms with Crippen LogP contribution in [0.2, 0.25) is 10.0 Å². The van der Waals surface area contributed by atoms with Gasteiger partial charge in [-0.3, -0.25) is 4.79 Å². The van der Waals surface area contributed by atoms with Crippen LogP contribution in [0.4, 0.5) is 0 Å². The van der Waals surface area contributed by atoms with Crippen LogP contribution >= 0.6 is 23.2 Å². The van der Waals surface area contributed by atoms with E-state index in [-0.39, 0.29) is 5.78 Å². The van der Waals surface area contributed by atoms with Crippen LogP contribution in [0.1, 0.15) is 11.4 Å². The SMILES string of the molecule is Cn1ccnc1CC(=O)Cc1ccc(Cl)cc1Cl. The Labute approximate surface area is 115 Å². The monoisotopic (exact) mass is 282 g/mol. The third-order valence-electron chi connectivity index (χ3n) is 2.68. The van der Waals surface area contributed by atoms with Crippen molar-refractivity contribution >= 4 is 29.0 Å². The van der Waals surface area contributed by atoms with Crippen molar-refractivity contribution in [2.45, 2.75) is 12.8 Å². The van der Waals surface area contributed by atoms with Gasteiger partial charge in [0.25, 0.3) is 0 Å². The average Bonchev–Trinajstić information content (AvgIpc) is 2.69. The maximum Gasteiger partial charge on any atom is 0.144 e. The van der Waals surface area contributed by atoms with Gasteiger partial charge in [0.05, 0.1) is 6.42 Å². The lowest BCUT2D eigenvalue weighted by Gasteiger charge is -2.04. The topological polar surface area (TPSA) is 34.9 Å². The molecule has 0 fully saturated rings. The normalized spacial score (nSPS) is 10.6. The van der Waals surface area contributed by atoms with E-state index in [2.05, 4.69) is 4.98 Å². The minimum Gasteiger partial charge on any atom is -0.338 e. The zero-order valence-corrected chi connectivity index (χ0v) is 11.4. The number of hydrogen-bond acceptors (Lipinski definition) is 2. The van der Waals surface area contributed by atoms with E-state index in [0.29, 0.717) is 22.9 Å². The second kappa shape index (κ2) is 5.55. The summed E-state index contributed by atoms with van der Waals surface area (Å²) < 4.78 is 1.83. The predicted molar refractivity (Wildman–Crippen MR) is 72.1 cm³/mol. The molecular formula is C13H12Cl2N2O. The summed E-state index contributed by atoms with van der Waals surface area (Å²) in [6.45, 7) is 0.